The van der Waals surface area contributed by atoms with E-state index >= 15 is 0 Å². The molecule has 0 saturated heterocycles. The largest absolute Gasteiger partial charge is 0.396 e. The first-order valence-corrected chi connectivity index (χ1v) is 5.47. The fourth-order valence-electron chi connectivity index (χ4n) is 1.31. The van der Waals surface area contributed by atoms with Gasteiger partial charge in [-0.25, -0.2) is 0 Å². The summed E-state index contributed by atoms with van der Waals surface area (Å²) >= 11 is 0. The minimum atomic E-state index is 0.192. The molecule has 0 rings (SSSR count). The summed E-state index contributed by atoms with van der Waals surface area (Å²) in [5, 5.41) is 12.4. The van der Waals surface area contributed by atoms with E-state index in [4.69, 9.17) is 5.11 Å². The lowest BCUT2D eigenvalue weighted by Gasteiger charge is -2.26. The van der Waals surface area contributed by atoms with Crippen LogP contribution in [0.4, 0.5) is 0 Å². The molecule has 0 fully saturated rings. The molecule has 0 aliphatic heterocycles. The predicted octanol–water partition coefficient (Wildman–Crippen LogP) is 2.34. The molecule has 2 nitrogen and oxygen atoms in total. The van der Waals surface area contributed by atoms with E-state index in [1.165, 1.54) is 0 Å². The van der Waals surface area contributed by atoms with Crippen LogP contribution in [0.15, 0.2) is 12.7 Å². The van der Waals surface area contributed by atoms with Gasteiger partial charge in [-0.2, -0.15) is 0 Å². The van der Waals surface area contributed by atoms with Crippen molar-refractivity contribution >= 4 is 0 Å². The van der Waals surface area contributed by atoms with Crippen LogP contribution in [0, 0.1) is 5.41 Å². The smallest absolute Gasteiger partial charge is 0.0436 e. The summed E-state index contributed by atoms with van der Waals surface area (Å²) in [5.74, 6) is 0. The lowest BCUT2D eigenvalue weighted by molar-refractivity contribution is 0.203. The van der Waals surface area contributed by atoms with Crippen LogP contribution in [-0.4, -0.2) is 24.3 Å². The molecule has 1 atom stereocenters. The molecule has 2 N–H and O–H groups in total. The third kappa shape index (κ3) is 7.10. The zero-order chi connectivity index (χ0) is 11.0. The number of aliphatic hydroxyl groups is 1. The number of hydrogen-bond acceptors (Lipinski definition) is 2. The summed E-state index contributed by atoms with van der Waals surface area (Å²) in [4.78, 5) is 0. The maximum absolute atomic E-state index is 8.87. The van der Waals surface area contributed by atoms with Crippen molar-refractivity contribution in [3.8, 4) is 0 Å². The van der Waals surface area contributed by atoms with Gasteiger partial charge in [-0.05, 0) is 31.6 Å². The molecule has 0 radical (unpaired) electrons. The first-order valence-electron chi connectivity index (χ1n) is 5.47. The first-order chi connectivity index (χ1) is 6.52. The van der Waals surface area contributed by atoms with Gasteiger partial charge in [0.25, 0.3) is 0 Å². The van der Waals surface area contributed by atoms with Crippen LogP contribution < -0.4 is 5.32 Å². The Morgan fingerprint density at radius 2 is 2.14 bits per heavy atom. The predicted molar refractivity (Wildman–Crippen MR) is 62.4 cm³/mol. The Morgan fingerprint density at radius 1 is 1.50 bits per heavy atom. The van der Waals surface area contributed by atoms with Crippen LogP contribution >= 0.6 is 0 Å². The fourth-order valence-corrected chi connectivity index (χ4v) is 1.31. The summed E-state index contributed by atoms with van der Waals surface area (Å²) in [6, 6.07) is 0.533. The Balaban J connectivity index is 3.63. The van der Waals surface area contributed by atoms with Crippen molar-refractivity contribution in [2.24, 2.45) is 5.41 Å². The summed E-state index contributed by atoms with van der Waals surface area (Å²) in [5.41, 5.74) is 0.192. The van der Waals surface area contributed by atoms with Gasteiger partial charge in [0.05, 0.1) is 0 Å². The zero-order valence-corrected chi connectivity index (χ0v) is 9.84. The second-order valence-corrected chi connectivity index (χ2v) is 4.79. The second kappa shape index (κ2) is 7.02. The zero-order valence-electron chi connectivity index (χ0n) is 9.84. The lowest BCUT2D eigenvalue weighted by Crippen LogP contribution is -2.35. The van der Waals surface area contributed by atoms with Crippen LogP contribution in [0.5, 0.6) is 0 Å². The summed E-state index contributed by atoms with van der Waals surface area (Å²) in [6.45, 7) is 11.5. The van der Waals surface area contributed by atoms with Crippen molar-refractivity contribution in [2.45, 2.75) is 46.1 Å². The number of hydrogen-bond donors (Lipinski definition) is 2. The van der Waals surface area contributed by atoms with Crippen molar-refractivity contribution in [1.29, 1.82) is 0 Å². The number of aliphatic hydroxyl groups excluding tert-OH is 1. The third-order valence-corrected chi connectivity index (χ3v) is 2.52. The molecule has 0 saturated carbocycles. The average molecular weight is 199 g/mol. The molecule has 1 unspecified atom stereocenters. The van der Waals surface area contributed by atoms with Crippen LogP contribution in [-0.2, 0) is 0 Å². The van der Waals surface area contributed by atoms with Gasteiger partial charge < -0.3 is 10.4 Å². The molecular weight excluding hydrogens is 174 g/mol. The van der Waals surface area contributed by atoms with Crippen molar-refractivity contribution in [2.75, 3.05) is 13.2 Å². The molecule has 0 aliphatic rings. The maximum Gasteiger partial charge on any atom is 0.0436 e. The molecule has 84 valence electrons. The molecule has 14 heavy (non-hydrogen) atoms. The molecule has 0 heterocycles. The normalized spacial score (nSPS) is 14.0. The van der Waals surface area contributed by atoms with E-state index in [0.29, 0.717) is 6.04 Å². The van der Waals surface area contributed by atoms with E-state index in [1.54, 1.807) is 0 Å². The Labute approximate surface area is 88.4 Å². The van der Waals surface area contributed by atoms with Crippen molar-refractivity contribution in [3.05, 3.63) is 12.7 Å². The van der Waals surface area contributed by atoms with Crippen LogP contribution in [0.3, 0.4) is 0 Å². The Hall–Kier alpha value is -0.340. The summed E-state index contributed by atoms with van der Waals surface area (Å²) < 4.78 is 0. The van der Waals surface area contributed by atoms with Gasteiger partial charge in [0.2, 0.25) is 0 Å². The third-order valence-electron chi connectivity index (χ3n) is 2.52. The Bertz CT molecular complexity index is 154. The van der Waals surface area contributed by atoms with Gasteiger partial charge >= 0.3 is 0 Å². The number of nitrogens with one attached hydrogen (secondary N) is 1. The SMILES string of the molecule is C=CCCC(C)NCC(C)(C)CCO. The van der Waals surface area contributed by atoms with E-state index in [2.05, 4.69) is 32.7 Å². The molecule has 2 heteroatoms. The van der Waals surface area contributed by atoms with Crippen molar-refractivity contribution < 1.29 is 5.11 Å². The Kier molecular flexibility index (Phi) is 6.85. The van der Waals surface area contributed by atoms with E-state index in [1.807, 2.05) is 6.08 Å². The van der Waals surface area contributed by atoms with Crippen molar-refractivity contribution in [3.63, 3.8) is 0 Å². The summed E-state index contributed by atoms with van der Waals surface area (Å²) in [6.07, 6.45) is 5.01. The standard InChI is InChI=1S/C12H25NO/c1-5-6-7-11(2)13-10-12(3,4)8-9-14/h5,11,13-14H,1,6-10H2,2-4H3. The molecule has 0 aliphatic carbocycles. The molecule has 0 bridgehead atoms. The van der Waals surface area contributed by atoms with Crippen LogP contribution in [0.1, 0.15) is 40.0 Å². The molecule has 0 aromatic rings. The van der Waals surface area contributed by atoms with E-state index in [9.17, 15) is 0 Å². The topological polar surface area (TPSA) is 32.3 Å². The fraction of sp³-hybridized carbons (Fsp3) is 0.833. The van der Waals surface area contributed by atoms with Crippen LogP contribution in [0.2, 0.25) is 0 Å². The maximum atomic E-state index is 8.87. The monoisotopic (exact) mass is 199 g/mol. The lowest BCUT2D eigenvalue weighted by atomic mass is 9.89. The van der Waals surface area contributed by atoms with Gasteiger partial charge in [-0.3, -0.25) is 0 Å². The van der Waals surface area contributed by atoms with Crippen molar-refractivity contribution in [1.82, 2.24) is 5.32 Å². The molecule has 0 aromatic heterocycles. The molecule has 0 spiro atoms. The van der Waals surface area contributed by atoms with Crippen LogP contribution in [0.25, 0.3) is 0 Å². The van der Waals surface area contributed by atoms with E-state index in [-0.39, 0.29) is 12.0 Å². The van der Waals surface area contributed by atoms with Gasteiger partial charge in [-0.1, -0.05) is 19.9 Å². The Morgan fingerprint density at radius 3 is 2.64 bits per heavy atom. The van der Waals surface area contributed by atoms with E-state index < -0.39 is 0 Å². The molecule has 0 amide bonds. The van der Waals surface area contributed by atoms with E-state index in [0.717, 1.165) is 25.8 Å². The number of allylic oxidation sites excluding steroid dienone is 1. The summed E-state index contributed by atoms with van der Waals surface area (Å²) in [7, 11) is 0. The minimum absolute atomic E-state index is 0.192. The second-order valence-electron chi connectivity index (χ2n) is 4.79. The minimum Gasteiger partial charge on any atom is -0.396 e. The highest BCUT2D eigenvalue weighted by Gasteiger charge is 2.17. The van der Waals surface area contributed by atoms with Gasteiger partial charge in [0, 0.05) is 19.2 Å². The highest BCUT2D eigenvalue weighted by Crippen LogP contribution is 2.18. The molecular formula is C12H25NO. The quantitative estimate of drug-likeness (QED) is 0.588. The highest BCUT2D eigenvalue weighted by atomic mass is 16.3. The van der Waals surface area contributed by atoms with Gasteiger partial charge in [0.1, 0.15) is 0 Å². The molecule has 0 aromatic carbocycles. The van der Waals surface area contributed by atoms with Gasteiger partial charge in [-0.15, -0.1) is 6.58 Å². The van der Waals surface area contributed by atoms with Gasteiger partial charge in [0.15, 0.2) is 0 Å². The average Bonchev–Trinajstić information content (AvgIpc) is 2.11. The first kappa shape index (κ1) is 13.7. The highest BCUT2D eigenvalue weighted by molar-refractivity contribution is 4.75. The number of rotatable bonds is 8.